The van der Waals surface area contributed by atoms with Crippen molar-refractivity contribution in [1.82, 2.24) is 4.98 Å². The summed E-state index contributed by atoms with van der Waals surface area (Å²) in [7, 11) is 0. The quantitative estimate of drug-likeness (QED) is 0.211. The Hall–Kier alpha value is -4.68. The molecule has 3 heterocycles. The van der Waals surface area contributed by atoms with E-state index >= 15 is 0 Å². The topological polar surface area (TPSA) is 135 Å². The number of thiazole rings is 1. The summed E-state index contributed by atoms with van der Waals surface area (Å²) in [6, 6.07) is 20.6. The lowest BCUT2D eigenvalue weighted by Gasteiger charge is -2.30. The van der Waals surface area contributed by atoms with Crippen LogP contribution in [0, 0.1) is 12.8 Å². The van der Waals surface area contributed by atoms with Gasteiger partial charge in [0.25, 0.3) is 5.91 Å². The van der Waals surface area contributed by atoms with Crippen molar-refractivity contribution in [2.24, 2.45) is 5.92 Å². The summed E-state index contributed by atoms with van der Waals surface area (Å²) in [6.07, 6.45) is 0. The van der Waals surface area contributed by atoms with E-state index in [1.807, 2.05) is 31.2 Å². The number of carbonyl (C=O) groups is 4. The van der Waals surface area contributed by atoms with Crippen LogP contribution in [0.3, 0.4) is 0 Å². The van der Waals surface area contributed by atoms with Gasteiger partial charge in [0, 0.05) is 16.5 Å². The molecule has 0 bridgehead atoms. The number of thioether (sulfide) groups is 1. The fraction of sp³-hybridized carbons (Fsp3) is 0.219. The number of nitrogens with zero attached hydrogens (tertiary/aromatic N) is 1. The standard InChI is InChI=1S/C32H27N3O7S2/c1-3-41-31(39)18-10-12-21(13-11-18)35-29(37)25-24(26-28(34-32(40)44-26)43-27(25)30(35)38)19-7-5-9-22(15-19)42-16-23(36)33-20-8-4-6-17(2)14-20/h4-15,24-25,27H,3,16H2,1-2H3,(H,33,36)(H,34,40)/t24-,25-,27+/m0/s1. The number of H-pyrrole nitrogens is 1. The third-order valence-corrected chi connectivity index (χ3v) is 9.75. The van der Waals surface area contributed by atoms with E-state index in [0.717, 1.165) is 21.8 Å². The number of fused-ring (bicyclic) bond motifs is 2. The number of aryl methyl sites for hydroxylation is 1. The molecule has 4 aromatic rings. The van der Waals surface area contributed by atoms with Crippen LogP contribution >= 0.6 is 23.1 Å². The lowest BCUT2D eigenvalue weighted by atomic mass is 9.83. The number of hydrogen-bond donors (Lipinski definition) is 2. The monoisotopic (exact) mass is 629 g/mol. The largest absolute Gasteiger partial charge is 0.484 e. The van der Waals surface area contributed by atoms with Crippen LogP contribution in [-0.2, 0) is 19.1 Å². The third-order valence-electron chi connectivity index (χ3n) is 7.35. The lowest BCUT2D eigenvalue weighted by molar-refractivity contribution is -0.122. The molecule has 44 heavy (non-hydrogen) atoms. The molecule has 3 aromatic carbocycles. The number of amides is 3. The van der Waals surface area contributed by atoms with Gasteiger partial charge in [-0.1, -0.05) is 47.4 Å². The zero-order chi connectivity index (χ0) is 31.0. The van der Waals surface area contributed by atoms with Crippen LogP contribution in [0.2, 0.25) is 0 Å². The molecule has 0 aliphatic carbocycles. The smallest absolute Gasteiger partial charge is 0.338 e. The highest BCUT2D eigenvalue weighted by Crippen LogP contribution is 2.53. The molecular formula is C32H27N3O7S2. The number of rotatable bonds is 8. The SMILES string of the molecule is CCOC(=O)c1ccc(N2C(=O)[C@H]3[C@H](c4cccc(OCC(=O)Nc5cccc(C)c5)c4)c4sc(=O)[nH]c4S[C@H]3C2=O)cc1. The molecule has 1 saturated heterocycles. The number of hydrogen-bond acceptors (Lipinski definition) is 9. The van der Waals surface area contributed by atoms with Gasteiger partial charge in [-0.2, -0.15) is 0 Å². The van der Waals surface area contributed by atoms with Gasteiger partial charge >= 0.3 is 10.8 Å². The normalized spacial score (nSPS) is 18.9. The second kappa shape index (κ2) is 12.1. The molecule has 2 aliphatic rings. The number of carbonyl (C=O) groups excluding carboxylic acids is 4. The van der Waals surface area contributed by atoms with E-state index in [1.165, 1.54) is 23.9 Å². The minimum absolute atomic E-state index is 0.227. The summed E-state index contributed by atoms with van der Waals surface area (Å²) in [6.45, 7) is 3.63. The van der Waals surface area contributed by atoms with Crippen LogP contribution in [-0.4, -0.2) is 47.1 Å². The lowest BCUT2D eigenvalue weighted by Crippen LogP contribution is -2.32. The summed E-state index contributed by atoms with van der Waals surface area (Å²) in [5, 5.41) is 2.58. The van der Waals surface area contributed by atoms with Crippen molar-refractivity contribution in [2.45, 2.75) is 30.0 Å². The molecule has 3 atom stereocenters. The van der Waals surface area contributed by atoms with E-state index in [2.05, 4.69) is 10.3 Å². The molecule has 0 unspecified atom stereocenters. The van der Waals surface area contributed by atoms with Gasteiger partial charge in [-0.3, -0.25) is 19.2 Å². The van der Waals surface area contributed by atoms with E-state index in [0.29, 0.717) is 38.2 Å². The van der Waals surface area contributed by atoms with Crippen LogP contribution in [0.15, 0.2) is 82.6 Å². The molecule has 0 spiro atoms. The molecule has 1 aromatic heterocycles. The highest BCUT2D eigenvalue weighted by Gasteiger charge is 2.56. The summed E-state index contributed by atoms with van der Waals surface area (Å²) in [4.78, 5) is 69.1. The van der Waals surface area contributed by atoms with Crippen molar-refractivity contribution in [2.75, 3.05) is 23.4 Å². The number of nitrogens with one attached hydrogen (secondary N) is 2. The van der Waals surface area contributed by atoms with E-state index in [-0.39, 0.29) is 24.0 Å². The highest BCUT2D eigenvalue weighted by atomic mass is 32.2. The minimum Gasteiger partial charge on any atom is -0.484 e. The maximum absolute atomic E-state index is 14.0. The predicted octanol–water partition coefficient (Wildman–Crippen LogP) is 4.73. The Labute approximate surface area is 260 Å². The summed E-state index contributed by atoms with van der Waals surface area (Å²) < 4.78 is 10.8. The van der Waals surface area contributed by atoms with E-state index < -0.39 is 34.9 Å². The number of imide groups is 1. The molecule has 6 rings (SSSR count). The van der Waals surface area contributed by atoms with Gasteiger partial charge in [-0.25, -0.2) is 9.69 Å². The molecule has 3 amide bonds. The van der Waals surface area contributed by atoms with Crippen molar-refractivity contribution < 1.29 is 28.7 Å². The Morgan fingerprint density at radius 1 is 0.977 bits per heavy atom. The van der Waals surface area contributed by atoms with Gasteiger partial charge in [-0.15, -0.1) is 0 Å². The molecule has 10 nitrogen and oxygen atoms in total. The first-order chi connectivity index (χ1) is 21.2. The number of ether oxygens (including phenoxy) is 2. The first-order valence-electron chi connectivity index (χ1n) is 13.9. The maximum atomic E-state index is 14.0. The average Bonchev–Trinajstić information content (AvgIpc) is 3.50. The van der Waals surface area contributed by atoms with Crippen molar-refractivity contribution in [3.05, 3.63) is 104 Å². The van der Waals surface area contributed by atoms with Crippen molar-refractivity contribution in [3.63, 3.8) is 0 Å². The Bertz CT molecular complexity index is 1830. The number of aromatic amines is 1. The van der Waals surface area contributed by atoms with E-state index in [4.69, 9.17) is 9.47 Å². The average molecular weight is 630 g/mol. The van der Waals surface area contributed by atoms with Crippen molar-refractivity contribution in [3.8, 4) is 5.75 Å². The Morgan fingerprint density at radius 2 is 1.75 bits per heavy atom. The zero-order valence-corrected chi connectivity index (χ0v) is 25.3. The number of aromatic nitrogens is 1. The van der Waals surface area contributed by atoms with Gasteiger partial charge in [0.05, 0.1) is 28.8 Å². The third kappa shape index (κ3) is 5.65. The van der Waals surface area contributed by atoms with Crippen LogP contribution in [0.5, 0.6) is 5.75 Å². The van der Waals surface area contributed by atoms with Crippen LogP contribution < -0.4 is 19.8 Å². The van der Waals surface area contributed by atoms with Crippen LogP contribution in [0.25, 0.3) is 0 Å². The molecule has 2 N–H and O–H groups in total. The Kier molecular flexibility index (Phi) is 8.11. The van der Waals surface area contributed by atoms with Gasteiger partial charge in [0.1, 0.15) is 11.0 Å². The summed E-state index contributed by atoms with van der Waals surface area (Å²) >= 11 is 2.18. The summed E-state index contributed by atoms with van der Waals surface area (Å²) in [5.74, 6) is -2.63. The maximum Gasteiger partial charge on any atom is 0.338 e. The van der Waals surface area contributed by atoms with Gasteiger partial charge < -0.3 is 19.8 Å². The molecule has 12 heteroatoms. The number of benzene rings is 3. The van der Waals surface area contributed by atoms with Gasteiger partial charge in [-0.05, 0) is 73.5 Å². The fourth-order valence-corrected chi connectivity index (χ4v) is 7.97. The second-order valence-corrected chi connectivity index (χ2v) is 12.5. The fourth-order valence-electron chi connectivity index (χ4n) is 5.46. The minimum atomic E-state index is -0.795. The summed E-state index contributed by atoms with van der Waals surface area (Å²) in [5.41, 5.74) is 3.00. The second-order valence-electron chi connectivity index (χ2n) is 10.3. The van der Waals surface area contributed by atoms with E-state index in [1.54, 1.807) is 43.3 Å². The first kappa shape index (κ1) is 29.4. The van der Waals surface area contributed by atoms with Gasteiger partial charge in [0.2, 0.25) is 11.8 Å². The molecule has 224 valence electrons. The number of esters is 1. The van der Waals surface area contributed by atoms with Crippen molar-refractivity contribution in [1.29, 1.82) is 0 Å². The molecular weight excluding hydrogens is 603 g/mol. The molecule has 1 fully saturated rings. The highest BCUT2D eigenvalue weighted by molar-refractivity contribution is 8.00. The van der Waals surface area contributed by atoms with Crippen molar-refractivity contribution >= 4 is 58.2 Å². The molecule has 2 aliphatic heterocycles. The zero-order valence-electron chi connectivity index (χ0n) is 23.7. The van der Waals surface area contributed by atoms with E-state index in [9.17, 15) is 24.0 Å². The first-order valence-corrected chi connectivity index (χ1v) is 15.6. The molecule has 0 radical (unpaired) electrons. The Morgan fingerprint density at radius 3 is 2.50 bits per heavy atom. The molecule has 0 saturated carbocycles. The Balaban J connectivity index is 1.27. The number of anilines is 2. The van der Waals surface area contributed by atoms with Crippen LogP contribution in [0.4, 0.5) is 11.4 Å². The van der Waals surface area contributed by atoms with Gasteiger partial charge in [0.15, 0.2) is 6.61 Å². The van der Waals surface area contributed by atoms with Crippen LogP contribution in [0.1, 0.15) is 39.2 Å². The predicted molar refractivity (Wildman–Crippen MR) is 167 cm³/mol.